The Kier molecular flexibility index (Phi) is 4.55. The van der Waals surface area contributed by atoms with Crippen molar-refractivity contribution in [2.45, 2.75) is 13.0 Å². The van der Waals surface area contributed by atoms with E-state index in [1.165, 1.54) is 24.4 Å². The zero-order chi connectivity index (χ0) is 18.1. The van der Waals surface area contributed by atoms with Gasteiger partial charge in [-0.3, -0.25) is 9.59 Å². The number of hydrogen-bond donors (Lipinski definition) is 1. The van der Waals surface area contributed by atoms with Crippen LogP contribution in [0.3, 0.4) is 0 Å². The highest BCUT2D eigenvalue weighted by molar-refractivity contribution is 6.31. The highest BCUT2D eigenvalue weighted by Gasteiger charge is 2.14. The Bertz CT molecular complexity index is 1030. The van der Waals surface area contributed by atoms with E-state index in [1.54, 1.807) is 16.7 Å². The highest BCUT2D eigenvalue weighted by atomic mass is 35.5. The summed E-state index contributed by atoms with van der Waals surface area (Å²) in [7, 11) is 0. The molecule has 7 heteroatoms. The van der Waals surface area contributed by atoms with Gasteiger partial charge in [-0.05, 0) is 29.8 Å². The summed E-state index contributed by atoms with van der Waals surface area (Å²) >= 11 is 5.83. The Labute approximate surface area is 145 Å². The van der Waals surface area contributed by atoms with Crippen LogP contribution < -0.4 is 5.43 Å². The number of halogens is 3. The second-order valence-corrected chi connectivity index (χ2v) is 6.00. The lowest BCUT2D eigenvalue weighted by Gasteiger charge is -2.14. The Morgan fingerprint density at radius 2 is 1.84 bits per heavy atom. The minimum atomic E-state index is -1.17. The molecule has 128 valence electrons. The smallest absolute Gasteiger partial charge is 0.308 e. The predicted molar refractivity (Wildman–Crippen MR) is 90.0 cm³/mol. The number of aromatic nitrogens is 1. The number of fused-ring (bicyclic) bond motifs is 1. The van der Waals surface area contributed by atoms with Crippen molar-refractivity contribution in [3.8, 4) is 0 Å². The van der Waals surface area contributed by atoms with Gasteiger partial charge < -0.3 is 9.67 Å². The molecule has 0 bridgehead atoms. The highest BCUT2D eigenvalue weighted by Crippen LogP contribution is 2.22. The van der Waals surface area contributed by atoms with Crippen LogP contribution in [0.4, 0.5) is 8.78 Å². The van der Waals surface area contributed by atoms with Gasteiger partial charge in [-0.1, -0.05) is 23.7 Å². The van der Waals surface area contributed by atoms with Crippen LogP contribution in [0, 0.1) is 11.6 Å². The average Bonchev–Trinajstić information content (AvgIpc) is 2.55. The van der Waals surface area contributed by atoms with Crippen molar-refractivity contribution in [3.05, 3.63) is 80.6 Å². The van der Waals surface area contributed by atoms with Gasteiger partial charge in [0.05, 0.1) is 17.0 Å². The van der Waals surface area contributed by atoms with Gasteiger partial charge in [0.1, 0.15) is 11.6 Å². The third kappa shape index (κ3) is 3.53. The fraction of sp³-hybridized carbons (Fsp3) is 0.111. The van der Waals surface area contributed by atoms with Gasteiger partial charge >= 0.3 is 5.97 Å². The molecule has 25 heavy (non-hydrogen) atoms. The largest absolute Gasteiger partial charge is 0.481 e. The molecule has 1 N–H and O–H groups in total. The minimum Gasteiger partial charge on any atom is -0.481 e. The summed E-state index contributed by atoms with van der Waals surface area (Å²) in [6, 6.07) is 8.06. The number of nitrogens with zero attached hydrogens (tertiary/aromatic N) is 1. The molecule has 0 spiro atoms. The number of benzene rings is 2. The standard InChI is InChI=1S/C18H12ClF2NO3/c19-14-7-16-13(6-15(14)21)18(25)11(5-17(23)24)9-22(16)8-10-1-3-12(20)4-2-10/h1-4,6-7,9H,5,8H2,(H,23,24). The SMILES string of the molecule is O=C(O)Cc1cn(Cc2ccc(F)cc2)c2cc(Cl)c(F)cc2c1=O. The fourth-order valence-electron chi connectivity index (χ4n) is 2.65. The quantitative estimate of drug-likeness (QED) is 0.770. The molecule has 1 heterocycles. The second-order valence-electron chi connectivity index (χ2n) is 5.59. The number of carbonyl (C=O) groups is 1. The van der Waals surface area contributed by atoms with Gasteiger partial charge in [-0.15, -0.1) is 0 Å². The van der Waals surface area contributed by atoms with Crippen molar-refractivity contribution in [3.63, 3.8) is 0 Å². The molecule has 0 saturated heterocycles. The number of rotatable bonds is 4. The number of hydrogen-bond acceptors (Lipinski definition) is 2. The lowest BCUT2D eigenvalue weighted by molar-refractivity contribution is -0.136. The molecular formula is C18H12ClF2NO3. The molecule has 0 unspecified atom stereocenters. The number of pyridine rings is 1. The molecule has 0 saturated carbocycles. The molecule has 0 radical (unpaired) electrons. The third-order valence-electron chi connectivity index (χ3n) is 3.80. The van der Waals surface area contributed by atoms with Crippen LogP contribution in [-0.2, 0) is 17.8 Å². The summed E-state index contributed by atoms with van der Waals surface area (Å²) in [5.74, 6) is -2.31. The van der Waals surface area contributed by atoms with Crippen molar-refractivity contribution in [1.29, 1.82) is 0 Å². The van der Waals surface area contributed by atoms with Crippen LogP contribution in [0.1, 0.15) is 11.1 Å². The first-order valence-electron chi connectivity index (χ1n) is 7.32. The molecule has 4 nitrogen and oxygen atoms in total. The van der Waals surface area contributed by atoms with Crippen molar-refractivity contribution in [2.24, 2.45) is 0 Å². The summed E-state index contributed by atoms with van der Waals surface area (Å²) in [5, 5.41) is 8.89. The molecule has 0 aliphatic carbocycles. The van der Waals surface area contributed by atoms with Crippen molar-refractivity contribution in [2.75, 3.05) is 0 Å². The van der Waals surface area contributed by atoms with E-state index in [1.807, 2.05) is 0 Å². The number of aliphatic carboxylic acids is 1. The van der Waals surface area contributed by atoms with E-state index in [4.69, 9.17) is 16.7 Å². The minimum absolute atomic E-state index is 0.0313. The van der Waals surface area contributed by atoms with E-state index in [9.17, 15) is 18.4 Å². The lowest BCUT2D eigenvalue weighted by Crippen LogP contribution is -2.18. The van der Waals surface area contributed by atoms with Crippen LogP contribution in [0.2, 0.25) is 5.02 Å². The first kappa shape index (κ1) is 17.1. The van der Waals surface area contributed by atoms with Crippen LogP contribution in [0.5, 0.6) is 0 Å². The number of carboxylic acids is 1. The summed E-state index contributed by atoms with van der Waals surface area (Å²) in [4.78, 5) is 23.4. The predicted octanol–water partition coefficient (Wildman–Crippen LogP) is 3.61. The van der Waals surface area contributed by atoms with Gasteiger partial charge in [0.15, 0.2) is 5.43 Å². The molecule has 2 aromatic carbocycles. The van der Waals surface area contributed by atoms with Crippen molar-refractivity contribution < 1.29 is 18.7 Å². The monoisotopic (exact) mass is 363 g/mol. The van der Waals surface area contributed by atoms with E-state index < -0.39 is 23.6 Å². The van der Waals surface area contributed by atoms with Crippen LogP contribution in [0.15, 0.2) is 47.4 Å². The van der Waals surface area contributed by atoms with Gasteiger partial charge in [-0.2, -0.15) is 0 Å². The molecule has 1 aromatic heterocycles. The van der Waals surface area contributed by atoms with E-state index in [-0.39, 0.29) is 28.3 Å². The normalized spacial score (nSPS) is 11.0. The number of carboxylic acid groups (broad SMARTS) is 1. The molecule has 0 fully saturated rings. The Morgan fingerprint density at radius 3 is 2.48 bits per heavy atom. The van der Waals surface area contributed by atoms with Crippen LogP contribution in [-0.4, -0.2) is 15.6 Å². The van der Waals surface area contributed by atoms with Gasteiger partial charge in [0, 0.05) is 23.7 Å². The molecule has 0 amide bonds. The topological polar surface area (TPSA) is 59.3 Å². The van der Waals surface area contributed by atoms with Crippen molar-refractivity contribution >= 4 is 28.5 Å². The van der Waals surface area contributed by atoms with Gasteiger partial charge in [-0.25, -0.2) is 8.78 Å². The van der Waals surface area contributed by atoms with E-state index in [0.29, 0.717) is 5.52 Å². The molecule has 0 atom stereocenters. The molecule has 3 rings (SSSR count). The Balaban J connectivity index is 2.22. The second kappa shape index (κ2) is 6.64. The molecule has 3 aromatic rings. The maximum Gasteiger partial charge on any atom is 0.308 e. The summed E-state index contributed by atoms with van der Waals surface area (Å²) in [6.07, 6.45) is 0.929. The van der Waals surface area contributed by atoms with E-state index in [2.05, 4.69) is 0 Å². The first-order valence-corrected chi connectivity index (χ1v) is 7.70. The van der Waals surface area contributed by atoms with E-state index >= 15 is 0 Å². The molecule has 0 aliphatic heterocycles. The average molecular weight is 364 g/mol. The molecular weight excluding hydrogens is 352 g/mol. The zero-order valence-electron chi connectivity index (χ0n) is 12.8. The fourth-order valence-corrected chi connectivity index (χ4v) is 2.81. The van der Waals surface area contributed by atoms with Crippen LogP contribution >= 0.6 is 11.6 Å². The Morgan fingerprint density at radius 1 is 1.16 bits per heavy atom. The van der Waals surface area contributed by atoms with Gasteiger partial charge in [0.25, 0.3) is 0 Å². The maximum absolute atomic E-state index is 13.8. The van der Waals surface area contributed by atoms with Crippen LogP contribution in [0.25, 0.3) is 10.9 Å². The molecule has 0 aliphatic rings. The lowest BCUT2D eigenvalue weighted by atomic mass is 10.1. The van der Waals surface area contributed by atoms with Gasteiger partial charge in [0.2, 0.25) is 0 Å². The maximum atomic E-state index is 13.8. The first-order chi connectivity index (χ1) is 11.8. The summed E-state index contributed by atoms with van der Waals surface area (Å²) in [5.41, 5.74) is 0.579. The zero-order valence-corrected chi connectivity index (χ0v) is 13.6. The summed E-state index contributed by atoms with van der Waals surface area (Å²) in [6.45, 7) is 0.242. The summed E-state index contributed by atoms with van der Waals surface area (Å²) < 4.78 is 28.5. The van der Waals surface area contributed by atoms with E-state index in [0.717, 1.165) is 11.6 Å². The Hall–Kier alpha value is -2.73. The third-order valence-corrected chi connectivity index (χ3v) is 4.09. The van der Waals surface area contributed by atoms with Crippen molar-refractivity contribution in [1.82, 2.24) is 4.57 Å².